The molecule has 192 valence electrons. The van der Waals surface area contributed by atoms with E-state index in [2.05, 4.69) is 4.72 Å². The first-order valence-corrected chi connectivity index (χ1v) is 15.1. The predicted octanol–water partition coefficient (Wildman–Crippen LogP) is 5.29. The van der Waals surface area contributed by atoms with Crippen LogP contribution in [0, 0.1) is 5.82 Å². The first-order chi connectivity index (χ1) is 16.7. The monoisotopic (exact) mass is 524 g/mol. The maximum absolute atomic E-state index is 14.0. The van der Waals surface area contributed by atoms with E-state index in [4.69, 9.17) is 4.74 Å². The second-order valence-corrected chi connectivity index (χ2v) is 12.9. The van der Waals surface area contributed by atoms with Gasteiger partial charge in [0.25, 0.3) is 10.0 Å². The van der Waals surface area contributed by atoms with Crippen molar-refractivity contribution in [3.05, 3.63) is 48.3 Å². The summed E-state index contributed by atoms with van der Waals surface area (Å²) in [6.07, 6.45) is 9.96. The van der Waals surface area contributed by atoms with Crippen LogP contribution in [0.1, 0.15) is 64.2 Å². The Balaban J connectivity index is 1.56. The summed E-state index contributed by atoms with van der Waals surface area (Å²) in [4.78, 5) is -0.0969. The number of sulfonamides is 2. The first kappa shape index (κ1) is 25.9. The van der Waals surface area contributed by atoms with Crippen LogP contribution in [-0.4, -0.2) is 40.3 Å². The van der Waals surface area contributed by atoms with Crippen LogP contribution in [0.25, 0.3) is 0 Å². The van der Waals surface area contributed by atoms with E-state index in [0.29, 0.717) is 0 Å². The molecule has 4 rings (SSSR count). The molecule has 7 nitrogen and oxygen atoms in total. The molecule has 35 heavy (non-hydrogen) atoms. The zero-order chi connectivity index (χ0) is 25.1. The Morgan fingerprint density at radius 2 is 1.31 bits per heavy atom. The lowest BCUT2D eigenvalue weighted by molar-refractivity contribution is 0.169. The highest BCUT2D eigenvalue weighted by atomic mass is 32.2. The lowest BCUT2D eigenvalue weighted by Gasteiger charge is -2.40. The molecule has 10 heteroatoms. The lowest BCUT2D eigenvalue weighted by Crippen LogP contribution is -2.48. The maximum atomic E-state index is 14.0. The van der Waals surface area contributed by atoms with Crippen LogP contribution in [0.4, 0.5) is 10.1 Å². The van der Waals surface area contributed by atoms with Gasteiger partial charge in [0.2, 0.25) is 10.0 Å². The molecule has 0 amide bonds. The molecule has 2 fully saturated rings. The summed E-state index contributed by atoms with van der Waals surface area (Å²) in [5.74, 6) is -0.846. The maximum Gasteiger partial charge on any atom is 0.262 e. The smallest absolute Gasteiger partial charge is 0.262 e. The summed E-state index contributed by atoms with van der Waals surface area (Å²) in [5, 5.41) is 0. The van der Waals surface area contributed by atoms with Crippen molar-refractivity contribution in [1.29, 1.82) is 0 Å². The van der Waals surface area contributed by atoms with Crippen LogP contribution in [0.3, 0.4) is 0 Å². The Kier molecular flexibility index (Phi) is 8.02. The molecule has 0 radical (unpaired) electrons. The van der Waals surface area contributed by atoms with E-state index in [0.717, 1.165) is 70.3 Å². The minimum atomic E-state index is -4.07. The summed E-state index contributed by atoms with van der Waals surface area (Å²) < 4.78 is 76.0. The van der Waals surface area contributed by atoms with E-state index in [1.54, 1.807) is 4.31 Å². The molecule has 0 heterocycles. The number of nitrogens with one attached hydrogen (secondary N) is 1. The zero-order valence-electron chi connectivity index (χ0n) is 20.0. The molecule has 2 aliphatic rings. The van der Waals surface area contributed by atoms with Crippen LogP contribution in [0.2, 0.25) is 0 Å². The van der Waals surface area contributed by atoms with E-state index in [1.807, 2.05) is 0 Å². The highest BCUT2D eigenvalue weighted by Crippen LogP contribution is 2.35. The molecule has 0 saturated heterocycles. The Bertz CT molecular complexity index is 1200. The average molecular weight is 525 g/mol. The standard InChI is InChI=1S/C25H33FN2O5S2/c1-33-25-17-16-23(18-24(25)26)34(29,30)27-19-12-14-22(15-13-19)35(31,32)28(20-8-4-2-5-9-20)21-10-6-3-7-11-21/h12-18,20-21,27H,2-11H2,1H3. The van der Waals surface area contributed by atoms with Gasteiger partial charge in [-0.25, -0.2) is 21.2 Å². The van der Waals surface area contributed by atoms with E-state index >= 15 is 0 Å². The average Bonchev–Trinajstić information content (AvgIpc) is 2.85. The predicted molar refractivity (Wildman–Crippen MR) is 133 cm³/mol. The largest absolute Gasteiger partial charge is 0.494 e. The van der Waals surface area contributed by atoms with Crippen molar-refractivity contribution >= 4 is 25.7 Å². The van der Waals surface area contributed by atoms with Crippen LogP contribution in [0.5, 0.6) is 5.75 Å². The normalized spacial score (nSPS) is 18.5. The van der Waals surface area contributed by atoms with E-state index in [9.17, 15) is 21.2 Å². The molecule has 2 aromatic rings. The van der Waals surface area contributed by atoms with Gasteiger partial charge >= 0.3 is 0 Å². The Morgan fingerprint density at radius 3 is 1.80 bits per heavy atom. The van der Waals surface area contributed by atoms with E-state index in [-0.39, 0.29) is 33.3 Å². The summed E-state index contributed by atoms with van der Waals surface area (Å²) >= 11 is 0. The van der Waals surface area contributed by atoms with Gasteiger partial charge in [0, 0.05) is 17.8 Å². The van der Waals surface area contributed by atoms with Gasteiger partial charge in [0.15, 0.2) is 11.6 Å². The van der Waals surface area contributed by atoms with Crippen molar-refractivity contribution in [3.63, 3.8) is 0 Å². The molecular weight excluding hydrogens is 491 g/mol. The molecule has 2 aromatic carbocycles. The third kappa shape index (κ3) is 5.81. The van der Waals surface area contributed by atoms with Gasteiger partial charge < -0.3 is 4.74 Å². The molecule has 0 aromatic heterocycles. The molecule has 1 N–H and O–H groups in total. The van der Waals surface area contributed by atoms with E-state index < -0.39 is 25.9 Å². The second kappa shape index (κ2) is 10.8. The van der Waals surface area contributed by atoms with Crippen molar-refractivity contribution in [2.24, 2.45) is 0 Å². The number of anilines is 1. The molecule has 2 aliphatic carbocycles. The Hall–Kier alpha value is -2.17. The minimum absolute atomic E-state index is 0.0139. The lowest BCUT2D eigenvalue weighted by atomic mass is 9.91. The molecule has 0 spiro atoms. The van der Waals surface area contributed by atoms with Gasteiger partial charge in [0.05, 0.1) is 16.9 Å². The number of nitrogens with zero attached hydrogens (tertiary/aromatic N) is 1. The van der Waals surface area contributed by atoms with Gasteiger partial charge in [-0.2, -0.15) is 4.31 Å². The highest BCUT2D eigenvalue weighted by Gasteiger charge is 2.38. The van der Waals surface area contributed by atoms with Crippen LogP contribution >= 0.6 is 0 Å². The number of halogens is 1. The third-order valence-corrected chi connectivity index (χ3v) is 10.4. The van der Waals surface area contributed by atoms with Gasteiger partial charge in [0.1, 0.15) is 0 Å². The number of ether oxygens (including phenoxy) is 1. The molecule has 0 bridgehead atoms. The number of methoxy groups -OCH3 is 1. The van der Waals surface area contributed by atoms with Crippen molar-refractivity contribution < 1.29 is 26.0 Å². The number of rotatable bonds is 8. The molecule has 0 unspecified atom stereocenters. The molecule has 0 atom stereocenters. The van der Waals surface area contributed by atoms with Crippen molar-refractivity contribution in [1.82, 2.24) is 4.31 Å². The van der Waals surface area contributed by atoms with Crippen LogP contribution < -0.4 is 9.46 Å². The van der Waals surface area contributed by atoms with Crippen molar-refractivity contribution in [3.8, 4) is 5.75 Å². The summed E-state index contributed by atoms with van der Waals surface area (Å²) in [5.41, 5.74) is 0.196. The number of hydrogen-bond donors (Lipinski definition) is 1. The number of hydrogen-bond acceptors (Lipinski definition) is 5. The fraction of sp³-hybridized carbons (Fsp3) is 0.520. The molecule has 2 saturated carbocycles. The quantitative estimate of drug-likeness (QED) is 0.506. The first-order valence-electron chi connectivity index (χ1n) is 12.2. The molecule has 0 aliphatic heterocycles. The van der Waals surface area contributed by atoms with Gasteiger partial charge in [-0.3, -0.25) is 4.72 Å². The van der Waals surface area contributed by atoms with Crippen LogP contribution in [0.15, 0.2) is 52.3 Å². The third-order valence-electron chi connectivity index (χ3n) is 6.98. The zero-order valence-corrected chi connectivity index (χ0v) is 21.6. The van der Waals surface area contributed by atoms with Gasteiger partial charge in [-0.15, -0.1) is 0 Å². The SMILES string of the molecule is COc1ccc(S(=O)(=O)Nc2ccc(S(=O)(=O)N(C3CCCCC3)C3CCCCC3)cc2)cc1F. The summed E-state index contributed by atoms with van der Waals surface area (Å²) in [6, 6.07) is 9.15. The van der Waals surface area contributed by atoms with Gasteiger partial charge in [-0.1, -0.05) is 38.5 Å². The van der Waals surface area contributed by atoms with Crippen LogP contribution in [-0.2, 0) is 20.0 Å². The highest BCUT2D eigenvalue weighted by molar-refractivity contribution is 7.92. The van der Waals surface area contributed by atoms with Gasteiger partial charge in [-0.05, 0) is 68.1 Å². The van der Waals surface area contributed by atoms with E-state index in [1.165, 1.54) is 43.5 Å². The van der Waals surface area contributed by atoms with Crippen molar-refractivity contribution in [2.45, 2.75) is 86.1 Å². The fourth-order valence-electron chi connectivity index (χ4n) is 5.21. The molecular formula is C25H33FN2O5S2. The Morgan fingerprint density at radius 1 is 0.800 bits per heavy atom. The minimum Gasteiger partial charge on any atom is -0.494 e. The number of benzene rings is 2. The Labute approximate surface area is 207 Å². The topological polar surface area (TPSA) is 92.8 Å². The second-order valence-electron chi connectivity index (χ2n) is 9.34. The van der Waals surface area contributed by atoms with Crippen molar-refractivity contribution in [2.75, 3.05) is 11.8 Å². The fourth-order valence-corrected chi connectivity index (χ4v) is 8.21. The summed E-state index contributed by atoms with van der Waals surface area (Å²) in [6.45, 7) is 0. The summed E-state index contributed by atoms with van der Waals surface area (Å²) in [7, 11) is -6.50.